The van der Waals surface area contributed by atoms with Crippen molar-refractivity contribution < 1.29 is 0 Å². The summed E-state index contributed by atoms with van der Waals surface area (Å²) in [4.78, 5) is 2.67. The van der Waals surface area contributed by atoms with Gasteiger partial charge in [0.2, 0.25) is 0 Å². The highest BCUT2D eigenvalue weighted by Gasteiger charge is 2.02. The van der Waals surface area contributed by atoms with E-state index >= 15 is 0 Å². The molecule has 58 valence electrons. The maximum atomic E-state index is 5.53. The van der Waals surface area contributed by atoms with E-state index in [1.54, 1.807) is 11.3 Å². The average Bonchev–Trinajstić information content (AvgIpc) is 2.43. The number of fused-ring (bicyclic) bond motifs is 1. The van der Waals surface area contributed by atoms with Crippen molar-refractivity contribution >= 4 is 32.1 Å². The van der Waals surface area contributed by atoms with Gasteiger partial charge in [-0.1, -0.05) is 0 Å². The molecule has 2 heterocycles. The third kappa shape index (κ3) is 1.20. The molecule has 3 heteroatoms. The van der Waals surface area contributed by atoms with E-state index in [2.05, 4.69) is 19.1 Å². The second-order valence-corrected chi connectivity index (χ2v) is 4.96. The average molecular weight is 183 g/mol. The molecule has 2 N–H and O–H groups in total. The molecule has 0 aliphatic carbocycles. The molecule has 0 atom stereocenters. The third-order valence-corrected chi connectivity index (χ3v) is 3.81. The van der Waals surface area contributed by atoms with Gasteiger partial charge in [-0.3, -0.25) is 0 Å². The van der Waals surface area contributed by atoms with E-state index in [9.17, 15) is 0 Å². The fraction of sp³-hybridized carbons (Fsp3) is 0.250. The highest BCUT2D eigenvalue weighted by molar-refractivity contribution is 7.27. The summed E-state index contributed by atoms with van der Waals surface area (Å²) in [5.74, 6) is 0. The standard InChI is InChI=1S/C8H9NS2/c1-5-2-7-8(10-5)3-6(4-9)11-7/h2-3H,4,9H2,1H3. The fourth-order valence-corrected chi connectivity index (χ4v) is 3.33. The molecule has 0 aromatic carbocycles. The van der Waals surface area contributed by atoms with Gasteiger partial charge in [0.15, 0.2) is 0 Å². The molecule has 0 spiro atoms. The summed E-state index contributed by atoms with van der Waals surface area (Å²) >= 11 is 3.65. The van der Waals surface area contributed by atoms with Crippen molar-refractivity contribution in [2.24, 2.45) is 5.73 Å². The first-order valence-corrected chi connectivity index (χ1v) is 5.12. The Morgan fingerprint density at radius 1 is 1.27 bits per heavy atom. The first-order valence-electron chi connectivity index (χ1n) is 3.48. The molecule has 0 saturated heterocycles. The molecule has 2 rings (SSSR count). The molecule has 0 bridgehead atoms. The normalized spacial score (nSPS) is 11.1. The summed E-state index contributed by atoms with van der Waals surface area (Å²) in [6, 6.07) is 4.42. The zero-order chi connectivity index (χ0) is 7.84. The summed E-state index contributed by atoms with van der Waals surface area (Å²) in [5, 5.41) is 0. The van der Waals surface area contributed by atoms with Crippen LogP contribution in [0.2, 0.25) is 0 Å². The first-order chi connectivity index (χ1) is 5.29. The van der Waals surface area contributed by atoms with E-state index in [1.165, 1.54) is 19.2 Å². The number of aryl methyl sites for hydroxylation is 1. The van der Waals surface area contributed by atoms with Crippen LogP contribution in [0.5, 0.6) is 0 Å². The molecular weight excluding hydrogens is 174 g/mol. The molecule has 0 unspecified atom stereocenters. The van der Waals surface area contributed by atoms with E-state index in [0.29, 0.717) is 6.54 Å². The van der Waals surface area contributed by atoms with Gasteiger partial charge in [0, 0.05) is 25.7 Å². The van der Waals surface area contributed by atoms with E-state index in [4.69, 9.17) is 5.73 Å². The highest BCUT2D eigenvalue weighted by atomic mass is 32.1. The summed E-state index contributed by atoms with van der Waals surface area (Å²) in [6.07, 6.45) is 0. The Balaban J connectivity index is 2.64. The quantitative estimate of drug-likeness (QED) is 0.722. The molecule has 2 aromatic heterocycles. The molecule has 0 aliphatic heterocycles. The predicted octanol–water partition coefficient (Wildman–Crippen LogP) is 2.73. The van der Waals surface area contributed by atoms with Gasteiger partial charge in [-0.05, 0) is 19.1 Å². The van der Waals surface area contributed by atoms with Crippen LogP contribution in [0.1, 0.15) is 9.75 Å². The van der Waals surface area contributed by atoms with Crippen LogP contribution in [0.25, 0.3) is 9.40 Å². The van der Waals surface area contributed by atoms with Crippen molar-refractivity contribution in [1.29, 1.82) is 0 Å². The third-order valence-electron chi connectivity index (χ3n) is 1.58. The number of thiophene rings is 2. The predicted molar refractivity (Wildman–Crippen MR) is 52.3 cm³/mol. The molecule has 0 aliphatic rings. The largest absolute Gasteiger partial charge is 0.326 e. The Hall–Kier alpha value is -0.380. The lowest BCUT2D eigenvalue weighted by Gasteiger charge is -1.82. The molecule has 0 amide bonds. The molecule has 0 fully saturated rings. The van der Waals surface area contributed by atoms with Crippen LogP contribution in [0, 0.1) is 6.92 Å². The SMILES string of the molecule is Cc1cc2sc(CN)cc2s1. The van der Waals surface area contributed by atoms with Crippen LogP contribution >= 0.6 is 22.7 Å². The van der Waals surface area contributed by atoms with Crippen LogP contribution in [-0.2, 0) is 6.54 Å². The molecule has 0 saturated carbocycles. The maximum Gasteiger partial charge on any atom is 0.0456 e. The second-order valence-electron chi connectivity index (χ2n) is 2.50. The van der Waals surface area contributed by atoms with E-state index in [1.807, 2.05) is 11.3 Å². The van der Waals surface area contributed by atoms with Gasteiger partial charge in [0.25, 0.3) is 0 Å². The van der Waals surface area contributed by atoms with Gasteiger partial charge >= 0.3 is 0 Å². The summed E-state index contributed by atoms with van der Waals surface area (Å²) in [6.45, 7) is 2.81. The van der Waals surface area contributed by atoms with Crippen LogP contribution in [0.3, 0.4) is 0 Å². The number of rotatable bonds is 1. The Kier molecular flexibility index (Phi) is 1.71. The van der Waals surface area contributed by atoms with Crippen molar-refractivity contribution in [3.63, 3.8) is 0 Å². The van der Waals surface area contributed by atoms with Crippen molar-refractivity contribution in [2.75, 3.05) is 0 Å². The van der Waals surface area contributed by atoms with Gasteiger partial charge < -0.3 is 5.73 Å². The highest BCUT2D eigenvalue weighted by Crippen LogP contribution is 2.32. The number of hydrogen-bond donors (Lipinski definition) is 1. The van der Waals surface area contributed by atoms with Crippen LogP contribution < -0.4 is 5.73 Å². The van der Waals surface area contributed by atoms with E-state index < -0.39 is 0 Å². The molecular formula is C8H9NS2. The molecule has 0 radical (unpaired) electrons. The van der Waals surface area contributed by atoms with Crippen molar-refractivity contribution in [1.82, 2.24) is 0 Å². The monoisotopic (exact) mass is 183 g/mol. The second kappa shape index (κ2) is 2.59. The Morgan fingerprint density at radius 3 is 2.64 bits per heavy atom. The summed E-state index contributed by atoms with van der Waals surface area (Å²) in [5.41, 5.74) is 5.53. The topological polar surface area (TPSA) is 26.0 Å². The molecule has 1 nitrogen and oxygen atoms in total. The van der Waals surface area contributed by atoms with Crippen LogP contribution in [-0.4, -0.2) is 0 Å². The van der Waals surface area contributed by atoms with Crippen LogP contribution in [0.4, 0.5) is 0 Å². The number of hydrogen-bond acceptors (Lipinski definition) is 3. The maximum absolute atomic E-state index is 5.53. The molecule has 2 aromatic rings. The minimum Gasteiger partial charge on any atom is -0.326 e. The Morgan fingerprint density at radius 2 is 2.00 bits per heavy atom. The lowest BCUT2D eigenvalue weighted by Crippen LogP contribution is -1.91. The van der Waals surface area contributed by atoms with Gasteiger partial charge in [-0.2, -0.15) is 0 Å². The lowest BCUT2D eigenvalue weighted by atomic mass is 10.4. The zero-order valence-electron chi connectivity index (χ0n) is 6.26. The van der Waals surface area contributed by atoms with Gasteiger partial charge in [-0.25, -0.2) is 0 Å². The van der Waals surface area contributed by atoms with Gasteiger partial charge in [0.05, 0.1) is 0 Å². The first kappa shape index (κ1) is 7.28. The minimum absolute atomic E-state index is 0.672. The van der Waals surface area contributed by atoms with Gasteiger partial charge in [-0.15, -0.1) is 22.7 Å². The molecule has 11 heavy (non-hydrogen) atoms. The smallest absolute Gasteiger partial charge is 0.0456 e. The van der Waals surface area contributed by atoms with Gasteiger partial charge in [0.1, 0.15) is 0 Å². The fourth-order valence-electron chi connectivity index (χ4n) is 1.11. The van der Waals surface area contributed by atoms with Crippen molar-refractivity contribution in [2.45, 2.75) is 13.5 Å². The Labute approximate surface area is 73.5 Å². The summed E-state index contributed by atoms with van der Waals surface area (Å²) in [7, 11) is 0. The van der Waals surface area contributed by atoms with Crippen molar-refractivity contribution in [3.8, 4) is 0 Å². The van der Waals surface area contributed by atoms with E-state index in [0.717, 1.165) is 0 Å². The zero-order valence-corrected chi connectivity index (χ0v) is 7.89. The number of nitrogens with two attached hydrogens (primary N) is 1. The van der Waals surface area contributed by atoms with E-state index in [-0.39, 0.29) is 0 Å². The summed E-state index contributed by atoms with van der Waals surface area (Å²) < 4.78 is 2.76. The van der Waals surface area contributed by atoms with Crippen molar-refractivity contribution in [3.05, 3.63) is 21.9 Å². The van der Waals surface area contributed by atoms with Crippen LogP contribution in [0.15, 0.2) is 12.1 Å². The lowest BCUT2D eigenvalue weighted by molar-refractivity contribution is 1.11. The minimum atomic E-state index is 0.672. The Bertz CT molecular complexity index is 341.